The van der Waals surface area contributed by atoms with Crippen LogP contribution >= 0.6 is 7.82 Å². The van der Waals surface area contributed by atoms with E-state index in [0.717, 1.165) is 44.9 Å². The number of rotatable bonds is 68. The minimum atomic E-state index is -4.39. The zero-order valence-electron chi connectivity index (χ0n) is 55.5. The van der Waals surface area contributed by atoms with Crippen LogP contribution in [0.3, 0.4) is 0 Å². The topological polar surface area (TPSA) is 108 Å². The number of esters is 2. The Labute approximate surface area is 510 Å². The van der Waals surface area contributed by atoms with Crippen LogP contribution in [0.5, 0.6) is 0 Å². The third kappa shape index (κ3) is 67.6. The quantitative estimate of drug-likeness (QED) is 0.0211. The molecule has 2 unspecified atom stereocenters. The fraction of sp³-hybridized carbons (Fsp3) is 0.917. The van der Waals surface area contributed by atoms with E-state index in [1.807, 2.05) is 21.1 Å². The van der Waals surface area contributed by atoms with E-state index in [2.05, 4.69) is 38.2 Å². The molecule has 0 spiro atoms. The predicted octanol–water partition coefficient (Wildman–Crippen LogP) is 23.3. The molecule has 1 N–H and O–H groups in total. The Morgan fingerprint density at radius 3 is 0.963 bits per heavy atom. The summed E-state index contributed by atoms with van der Waals surface area (Å²) in [5, 5.41) is 0. The summed E-state index contributed by atoms with van der Waals surface area (Å²) in [5.74, 6) is -0.782. The fourth-order valence-electron chi connectivity index (χ4n) is 10.9. The zero-order chi connectivity index (χ0) is 59.8. The molecule has 0 aromatic carbocycles. The Balaban J connectivity index is 3.90. The highest BCUT2D eigenvalue weighted by Gasteiger charge is 2.27. The van der Waals surface area contributed by atoms with E-state index in [1.54, 1.807) is 0 Å². The Kier molecular flexibility index (Phi) is 62.8. The number of hydrogen-bond acceptors (Lipinski definition) is 7. The lowest BCUT2D eigenvalue weighted by Gasteiger charge is -2.24. The first-order valence-corrected chi connectivity index (χ1v) is 37.6. The van der Waals surface area contributed by atoms with Gasteiger partial charge in [-0.3, -0.25) is 18.6 Å². The Morgan fingerprint density at radius 2 is 0.659 bits per heavy atom. The molecule has 0 aromatic rings. The maximum atomic E-state index is 12.9. The van der Waals surface area contributed by atoms with E-state index in [1.165, 1.54) is 295 Å². The van der Waals surface area contributed by atoms with Gasteiger partial charge in [-0.15, -0.1) is 0 Å². The number of nitrogens with zero attached hydrogens (tertiary/aromatic N) is 1. The average Bonchev–Trinajstić information content (AvgIpc) is 3.46. The van der Waals surface area contributed by atoms with Gasteiger partial charge in [-0.05, 0) is 44.9 Å². The number of phosphoric ester groups is 1. The Hall–Kier alpha value is -1.51. The van der Waals surface area contributed by atoms with Gasteiger partial charge in [0.2, 0.25) is 0 Å². The second-order valence-corrected chi connectivity index (χ2v) is 27.4. The van der Waals surface area contributed by atoms with Crippen molar-refractivity contribution in [3.05, 3.63) is 24.3 Å². The number of carbonyl (C=O) groups excluding carboxylic acids is 2. The van der Waals surface area contributed by atoms with E-state index >= 15 is 0 Å². The van der Waals surface area contributed by atoms with Crippen molar-refractivity contribution in [1.82, 2.24) is 0 Å². The number of hydrogen-bond donors (Lipinski definition) is 1. The molecule has 486 valence electrons. The minimum absolute atomic E-state index is 0.0335. The summed E-state index contributed by atoms with van der Waals surface area (Å²) in [6.45, 7) is 4.49. The van der Waals surface area contributed by atoms with Crippen LogP contribution in [0.25, 0.3) is 0 Å². The van der Waals surface area contributed by atoms with Gasteiger partial charge in [-0.25, -0.2) is 4.57 Å². The highest BCUT2D eigenvalue weighted by Crippen LogP contribution is 2.43. The Bertz CT molecular complexity index is 1430. The number of phosphoric acid groups is 1. The summed E-state index contributed by atoms with van der Waals surface area (Å²) in [4.78, 5) is 35.8. The largest absolute Gasteiger partial charge is 0.472 e. The van der Waals surface area contributed by atoms with Gasteiger partial charge >= 0.3 is 19.8 Å². The number of likely N-dealkylation sites (N-methyl/N-ethyl adjacent to an activating group) is 1. The number of quaternary nitrogens is 1. The van der Waals surface area contributed by atoms with Crippen LogP contribution < -0.4 is 0 Å². The van der Waals surface area contributed by atoms with Crippen molar-refractivity contribution in [1.29, 1.82) is 0 Å². The van der Waals surface area contributed by atoms with Gasteiger partial charge < -0.3 is 18.9 Å². The van der Waals surface area contributed by atoms with Crippen molar-refractivity contribution >= 4 is 19.8 Å². The van der Waals surface area contributed by atoms with Crippen molar-refractivity contribution in [3.8, 4) is 0 Å². The molecule has 0 saturated heterocycles. The van der Waals surface area contributed by atoms with Crippen LogP contribution in [0, 0.1) is 0 Å². The molecule has 0 aliphatic rings. The third-order valence-electron chi connectivity index (χ3n) is 16.5. The van der Waals surface area contributed by atoms with Gasteiger partial charge in [-0.1, -0.05) is 340 Å². The zero-order valence-corrected chi connectivity index (χ0v) is 56.4. The number of carbonyl (C=O) groups is 2. The van der Waals surface area contributed by atoms with E-state index in [0.29, 0.717) is 23.9 Å². The van der Waals surface area contributed by atoms with Crippen molar-refractivity contribution < 1.29 is 42.1 Å². The second kappa shape index (κ2) is 64.0. The molecule has 2 atom stereocenters. The second-order valence-electron chi connectivity index (χ2n) is 26.0. The SMILES string of the molecule is CCCCCCC/C=C\C/C=C\CCCCCCCCCCCC(=O)OC(COC(=O)CCCCCCCCCCCCCCCCCCCCCCCCCCCCCCCCCCCCCCC)COP(=O)(O)OCC[N+](C)(C)C. The maximum Gasteiger partial charge on any atom is 0.472 e. The predicted molar refractivity (Wildman–Crippen MR) is 354 cm³/mol. The van der Waals surface area contributed by atoms with Crippen LogP contribution in [0.4, 0.5) is 0 Å². The molecule has 82 heavy (non-hydrogen) atoms. The van der Waals surface area contributed by atoms with Crippen LogP contribution in [-0.2, 0) is 32.7 Å². The summed E-state index contributed by atoms with van der Waals surface area (Å²) in [6.07, 6.45) is 80.2. The fourth-order valence-corrected chi connectivity index (χ4v) is 11.7. The van der Waals surface area contributed by atoms with E-state index in [4.69, 9.17) is 18.5 Å². The molecule has 10 heteroatoms. The highest BCUT2D eigenvalue weighted by atomic mass is 31.2. The van der Waals surface area contributed by atoms with Gasteiger partial charge in [0.15, 0.2) is 6.10 Å². The molecule has 0 rings (SSSR count). The lowest BCUT2D eigenvalue weighted by molar-refractivity contribution is -0.870. The van der Waals surface area contributed by atoms with Crippen LogP contribution in [-0.4, -0.2) is 74.9 Å². The molecule has 0 radical (unpaired) electrons. The maximum absolute atomic E-state index is 12.9. The van der Waals surface area contributed by atoms with E-state index < -0.39 is 26.5 Å². The molecule has 0 bridgehead atoms. The normalized spacial score (nSPS) is 13.2. The van der Waals surface area contributed by atoms with Crippen LogP contribution in [0.2, 0.25) is 0 Å². The molecule has 0 aromatic heterocycles. The molecule has 0 heterocycles. The van der Waals surface area contributed by atoms with Crippen molar-refractivity contribution in [3.63, 3.8) is 0 Å². The van der Waals surface area contributed by atoms with Crippen molar-refractivity contribution in [2.24, 2.45) is 0 Å². The summed E-state index contributed by atoms with van der Waals surface area (Å²) in [6, 6.07) is 0. The Morgan fingerprint density at radius 1 is 0.378 bits per heavy atom. The molecule has 0 aliphatic heterocycles. The minimum Gasteiger partial charge on any atom is -0.462 e. The number of unbranched alkanes of at least 4 members (excludes halogenated alkanes) is 50. The first-order chi connectivity index (χ1) is 40.0. The lowest BCUT2D eigenvalue weighted by Crippen LogP contribution is -2.37. The average molecular weight is 1180 g/mol. The van der Waals surface area contributed by atoms with Gasteiger partial charge in [0.05, 0.1) is 27.7 Å². The molecule has 0 aliphatic carbocycles. The van der Waals surface area contributed by atoms with Gasteiger partial charge in [-0.2, -0.15) is 0 Å². The third-order valence-corrected chi connectivity index (χ3v) is 17.5. The van der Waals surface area contributed by atoms with Crippen LogP contribution in [0.15, 0.2) is 24.3 Å². The van der Waals surface area contributed by atoms with Crippen LogP contribution in [0.1, 0.15) is 373 Å². The molecule has 9 nitrogen and oxygen atoms in total. The van der Waals surface area contributed by atoms with E-state index in [9.17, 15) is 19.0 Å². The van der Waals surface area contributed by atoms with Crippen molar-refractivity contribution in [2.45, 2.75) is 380 Å². The number of ether oxygens (including phenoxy) is 2. The number of allylic oxidation sites excluding steroid dienone is 4. The van der Waals surface area contributed by atoms with Gasteiger partial charge in [0, 0.05) is 12.8 Å². The van der Waals surface area contributed by atoms with Crippen molar-refractivity contribution in [2.75, 3.05) is 47.5 Å². The molecular weight excluding hydrogens is 1040 g/mol. The summed E-state index contributed by atoms with van der Waals surface area (Å²) in [5.41, 5.74) is 0. The first kappa shape index (κ1) is 80.5. The van der Waals surface area contributed by atoms with Gasteiger partial charge in [0.1, 0.15) is 19.8 Å². The summed E-state index contributed by atoms with van der Waals surface area (Å²) < 4.78 is 34.7. The lowest BCUT2D eigenvalue weighted by atomic mass is 10.0. The highest BCUT2D eigenvalue weighted by molar-refractivity contribution is 7.47. The smallest absolute Gasteiger partial charge is 0.462 e. The molecule has 0 fully saturated rings. The standard InChI is InChI=1S/C72H140NO8P/c1-6-8-10-12-14-16-18-20-22-24-26-28-29-30-31-32-33-34-35-36-37-38-39-40-41-42-43-45-46-48-50-52-54-56-58-60-62-64-71(74)78-68-70(69-80-82(76,77)79-67-66-73(3,4)5)81-72(75)65-63-61-59-57-55-53-51-49-47-44-27-25-23-21-19-17-15-13-11-9-7-2/h19,21,25,27,70H,6-18,20,22-24,26,28-69H2,1-5H3/p+1/b21-19-,27-25-. The monoisotopic (exact) mass is 1180 g/mol. The molecule has 0 amide bonds. The summed E-state index contributed by atoms with van der Waals surface area (Å²) >= 11 is 0. The molecular formula is C72H141NO8P+. The molecule has 0 saturated carbocycles. The first-order valence-electron chi connectivity index (χ1n) is 36.1. The van der Waals surface area contributed by atoms with E-state index in [-0.39, 0.29) is 25.6 Å². The van der Waals surface area contributed by atoms with Gasteiger partial charge in [0.25, 0.3) is 0 Å². The summed E-state index contributed by atoms with van der Waals surface area (Å²) in [7, 11) is 1.49.